The largest absolute Gasteiger partial charge is 0.480 e. The lowest BCUT2D eigenvalue weighted by molar-refractivity contribution is -0.139. The van der Waals surface area contributed by atoms with Crippen LogP contribution in [0, 0.1) is 0 Å². The van der Waals surface area contributed by atoms with Gasteiger partial charge in [-0.1, -0.05) is 18.7 Å². The van der Waals surface area contributed by atoms with Crippen LogP contribution in [0.4, 0.5) is 4.79 Å². The van der Waals surface area contributed by atoms with Crippen molar-refractivity contribution >= 4 is 12.1 Å². The molecule has 1 unspecified atom stereocenters. The molecule has 126 valence electrons. The molecule has 1 atom stereocenters. The van der Waals surface area contributed by atoms with E-state index in [0.29, 0.717) is 11.5 Å². The molecule has 0 saturated carbocycles. The van der Waals surface area contributed by atoms with Gasteiger partial charge in [0.2, 0.25) is 0 Å². The smallest absolute Gasteiger partial charge is 0.408 e. The van der Waals surface area contributed by atoms with Gasteiger partial charge < -0.3 is 19.9 Å². The highest BCUT2D eigenvalue weighted by atomic mass is 16.6. The van der Waals surface area contributed by atoms with Crippen molar-refractivity contribution < 1.29 is 24.2 Å². The number of nitrogens with one attached hydrogen (secondary N) is 1. The van der Waals surface area contributed by atoms with Crippen LogP contribution >= 0.6 is 0 Å². The standard InChI is InChI=1S/C17H23NO5/c1-11(2)22-13-8-6-12(7-9-13)10-14(15(19)20)18-16(21)23-17(3,4)5/h6-9,14H,1,10H2,2-5H3,(H,18,21)(H,19,20). The van der Waals surface area contributed by atoms with Crippen LogP contribution in [0.1, 0.15) is 33.3 Å². The van der Waals surface area contributed by atoms with E-state index in [1.54, 1.807) is 52.0 Å². The molecule has 0 bridgehead atoms. The first-order valence-corrected chi connectivity index (χ1v) is 7.21. The Kier molecular flexibility index (Phi) is 6.18. The lowest BCUT2D eigenvalue weighted by Gasteiger charge is -2.22. The van der Waals surface area contributed by atoms with Crippen molar-refractivity contribution in [1.29, 1.82) is 0 Å². The van der Waals surface area contributed by atoms with Crippen LogP contribution in [-0.2, 0) is 16.0 Å². The number of ether oxygens (including phenoxy) is 2. The summed E-state index contributed by atoms with van der Waals surface area (Å²) in [5.41, 5.74) is 0.0665. The molecular weight excluding hydrogens is 298 g/mol. The second kappa shape index (κ2) is 7.67. The van der Waals surface area contributed by atoms with Gasteiger partial charge in [0.25, 0.3) is 0 Å². The van der Waals surface area contributed by atoms with E-state index in [9.17, 15) is 14.7 Å². The molecule has 0 spiro atoms. The van der Waals surface area contributed by atoms with E-state index in [1.165, 1.54) is 0 Å². The second-order valence-corrected chi connectivity index (χ2v) is 6.19. The number of carboxylic acid groups (broad SMARTS) is 1. The van der Waals surface area contributed by atoms with Crippen LogP contribution in [0.3, 0.4) is 0 Å². The Balaban J connectivity index is 2.71. The zero-order valence-corrected chi connectivity index (χ0v) is 13.9. The normalized spacial score (nSPS) is 12.2. The fourth-order valence-electron chi connectivity index (χ4n) is 1.78. The Hall–Kier alpha value is -2.50. The van der Waals surface area contributed by atoms with Gasteiger partial charge in [-0.15, -0.1) is 0 Å². The third-order valence-corrected chi connectivity index (χ3v) is 2.64. The number of carboxylic acids is 1. The second-order valence-electron chi connectivity index (χ2n) is 6.19. The number of alkyl carbamates (subject to hydrolysis) is 1. The average Bonchev–Trinajstić information content (AvgIpc) is 2.37. The summed E-state index contributed by atoms with van der Waals surface area (Å²) in [5.74, 6) is 0.0547. The highest BCUT2D eigenvalue weighted by molar-refractivity contribution is 5.80. The van der Waals surface area contributed by atoms with Crippen LogP contribution in [0.5, 0.6) is 5.75 Å². The number of aliphatic carboxylic acids is 1. The van der Waals surface area contributed by atoms with Crippen LogP contribution in [-0.4, -0.2) is 28.8 Å². The number of amides is 1. The molecule has 1 aromatic carbocycles. The molecule has 23 heavy (non-hydrogen) atoms. The molecule has 0 heterocycles. The minimum atomic E-state index is -1.13. The first kappa shape index (κ1) is 18.5. The molecule has 1 aromatic rings. The van der Waals surface area contributed by atoms with E-state index in [4.69, 9.17) is 9.47 Å². The van der Waals surface area contributed by atoms with Gasteiger partial charge in [0, 0.05) is 6.42 Å². The summed E-state index contributed by atoms with van der Waals surface area (Å²) >= 11 is 0. The number of carbonyl (C=O) groups excluding carboxylic acids is 1. The van der Waals surface area contributed by atoms with E-state index in [2.05, 4.69) is 11.9 Å². The Bertz CT molecular complexity index is 572. The molecule has 0 aliphatic rings. The van der Waals surface area contributed by atoms with Crippen molar-refractivity contribution in [2.75, 3.05) is 0 Å². The Morgan fingerprint density at radius 2 is 1.83 bits per heavy atom. The summed E-state index contributed by atoms with van der Waals surface area (Å²) in [6, 6.07) is 5.85. The lowest BCUT2D eigenvalue weighted by Crippen LogP contribution is -2.44. The molecule has 0 aliphatic heterocycles. The van der Waals surface area contributed by atoms with E-state index in [0.717, 1.165) is 5.56 Å². The van der Waals surface area contributed by atoms with Crippen molar-refractivity contribution in [3.63, 3.8) is 0 Å². The van der Waals surface area contributed by atoms with Crippen molar-refractivity contribution in [3.8, 4) is 5.75 Å². The number of rotatable bonds is 6. The number of hydrogen-bond donors (Lipinski definition) is 2. The van der Waals surface area contributed by atoms with Crippen molar-refractivity contribution in [3.05, 3.63) is 42.2 Å². The van der Waals surface area contributed by atoms with Crippen molar-refractivity contribution in [1.82, 2.24) is 5.32 Å². The molecule has 6 nitrogen and oxygen atoms in total. The van der Waals surface area contributed by atoms with Gasteiger partial charge in [-0.2, -0.15) is 0 Å². The van der Waals surface area contributed by atoms with Crippen LogP contribution in [0.15, 0.2) is 36.6 Å². The Morgan fingerprint density at radius 1 is 1.26 bits per heavy atom. The minimum Gasteiger partial charge on any atom is -0.480 e. The maximum atomic E-state index is 11.7. The molecule has 0 aliphatic carbocycles. The topological polar surface area (TPSA) is 84.9 Å². The van der Waals surface area contributed by atoms with Gasteiger partial charge in [0.15, 0.2) is 0 Å². The molecule has 0 radical (unpaired) electrons. The Labute approximate surface area is 136 Å². The quantitative estimate of drug-likeness (QED) is 0.786. The van der Waals surface area contributed by atoms with Gasteiger partial charge in [0.05, 0.1) is 5.76 Å². The van der Waals surface area contributed by atoms with Gasteiger partial charge in [-0.25, -0.2) is 9.59 Å². The first-order valence-electron chi connectivity index (χ1n) is 7.21. The van der Waals surface area contributed by atoms with Crippen molar-refractivity contribution in [2.24, 2.45) is 0 Å². The van der Waals surface area contributed by atoms with Crippen molar-refractivity contribution in [2.45, 2.75) is 45.8 Å². The van der Waals surface area contributed by atoms with Crippen LogP contribution < -0.4 is 10.1 Å². The van der Waals surface area contributed by atoms with E-state index in [-0.39, 0.29) is 6.42 Å². The fourth-order valence-corrected chi connectivity index (χ4v) is 1.78. The molecule has 0 saturated heterocycles. The summed E-state index contributed by atoms with van der Waals surface area (Å²) < 4.78 is 10.4. The van der Waals surface area contributed by atoms with Gasteiger partial charge >= 0.3 is 12.1 Å². The number of carbonyl (C=O) groups is 2. The Morgan fingerprint density at radius 3 is 2.26 bits per heavy atom. The summed E-state index contributed by atoms with van der Waals surface area (Å²) in [7, 11) is 0. The molecule has 1 amide bonds. The van der Waals surface area contributed by atoms with Gasteiger partial charge in [0.1, 0.15) is 17.4 Å². The first-order chi connectivity index (χ1) is 10.6. The van der Waals surface area contributed by atoms with Gasteiger partial charge in [-0.3, -0.25) is 0 Å². The molecule has 1 rings (SSSR count). The zero-order valence-electron chi connectivity index (χ0n) is 13.9. The predicted molar refractivity (Wildman–Crippen MR) is 86.4 cm³/mol. The maximum Gasteiger partial charge on any atom is 0.408 e. The van der Waals surface area contributed by atoms with Crippen LogP contribution in [0.2, 0.25) is 0 Å². The van der Waals surface area contributed by atoms with E-state index in [1.807, 2.05) is 0 Å². The fraction of sp³-hybridized carbons (Fsp3) is 0.412. The SMILES string of the molecule is C=C(C)Oc1ccc(CC(NC(=O)OC(C)(C)C)C(=O)O)cc1. The van der Waals surface area contributed by atoms with E-state index >= 15 is 0 Å². The van der Waals surface area contributed by atoms with Gasteiger partial charge in [-0.05, 0) is 45.4 Å². The highest BCUT2D eigenvalue weighted by Gasteiger charge is 2.24. The maximum absolute atomic E-state index is 11.7. The lowest BCUT2D eigenvalue weighted by atomic mass is 10.1. The molecule has 2 N–H and O–H groups in total. The number of allylic oxidation sites excluding steroid dienone is 1. The third-order valence-electron chi connectivity index (χ3n) is 2.64. The predicted octanol–water partition coefficient (Wildman–Crippen LogP) is 3.12. The third kappa shape index (κ3) is 7.35. The monoisotopic (exact) mass is 321 g/mol. The number of hydrogen-bond acceptors (Lipinski definition) is 4. The molecule has 6 heteroatoms. The molecular formula is C17H23NO5. The average molecular weight is 321 g/mol. The number of benzene rings is 1. The summed E-state index contributed by atoms with van der Waals surface area (Å²) in [6.07, 6.45) is -0.616. The van der Waals surface area contributed by atoms with E-state index < -0.39 is 23.7 Å². The zero-order chi connectivity index (χ0) is 17.6. The summed E-state index contributed by atoms with van der Waals surface area (Å²) in [4.78, 5) is 23.0. The highest BCUT2D eigenvalue weighted by Crippen LogP contribution is 2.16. The summed E-state index contributed by atoms with van der Waals surface area (Å²) in [6.45, 7) is 10.5. The molecule has 0 fully saturated rings. The summed E-state index contributed by atoms with van der Waals surface area (Å²) in [5, 5.41) is 11.6. The van der Waals surface area contributed by atoms with Crippen LogP contribution in [0.25, 0.3) is 0 Å². The minimum absolute atomic E-state index is 0.141. The molecule has 0 aromatic heterocycles.